The highest BCUT2D eigenvalue weighted by Crippen LogP contribution is 2.17. The van der Waals surface area contributed by atoms with Crippen LogP contribution in [-0.4, -0.2) is 27.0 Å². The van der Waals surface area contributed by atoms with Gasteiger partial charge >= 0.3 is 11.7 Å². The van der Waals surface area contributed by atoms with Crippen LogP contribution in [0.2, 0.25) is 0 Å². The van der Waals surface area contributed by atoms with E-state index in [2.05, 4.69) is 10.3 Å². The van der Waals surface area contributed by atoms with Crippen molar-refractivity contribution in [1.82, 2.24) is 9.97 Å². The first-order valence-corrected chi connectivity index (χ1v) is 5.86. The quantitative estimate of drug-likeness (QED) is 0.646. The van der Waals surface area contributed by atoms with Crippen molar-refractivity contribution in [2.45, 2.75) is 6.92 Å². The maximum Gasteiger partial charge on any atom is 0.335 e. The summed E-state index contributed by atoms with van der Waals surface area (Å²) >= 11 is 0. The second-order valence-electron chi connectivity index (χ2n) is 4.27. The van der Waals surface area contributed by atoms with Crippen LogP contribution < -0.4 is 16.6 Å². The smallest absolute Gasteiger partial charge is 0.335 e. The molecule has 0 saturated heterocycles. The SMILES string of the molecule is Cc1cc(C(=O)O)ccc1NC(=O)c1c[nH]c(=O)[nH]c1=O. The summed E-state index contributed by atoms with van der Waals surface area (Å²) in [6.45, 7) is 1.62. The Bertz CT molecular complexity index is 834. The number of aromatic carboxylic acids is 1. The highest BCUT2D eigenvalue weighted by molar-refractivity contribution is 6.04. The van der Waals surface area contributed by atoms with Gasteiger partial charge in [-0.1, -0.05) is 0 Å². The Morgan fingerprint density at radius 2 is 1.95 bits per heavy atom. The second-order valence-corrected chi connectivity index (χ2v) is 4.27. The fourth-order valence-electron chi connectivity index (χ4n) is 1.71. The minimum absolute atomic E-state index is 0.0902. The van der Waals surface area contributed by atoms with Gasteiger partial charge < -0.3 is 15.4 Å². The standard InChI is InChI=1S/C13H11N3O5/c1-6-4-7(12(19)20)2-3-9(6)15-10(17)8-5-14-13(21)16-11(8)18/h2-5H,1H3,(H,15,17)(H,19,20)(H2,14,16,18,21). The van der Waals surface area contributed by atoms with Gasteiger partial charge in [0.2, 0.25) is 0 Å². The zero-order valence-electron chi connectivity index (χ0n) is 10.9. The van der Waals surface area contributed by atoms with E-state index < -0.39 is 23.1 Å². The number of aromatic nitrogens is 2. The van der Waals surface area contributed by atoms with Crippen molar-refractivity contribution in [1.29, 1.82) is 0 Å². The topological polar surface area (TPSA) is 132 Å². The van der Waals surface area contributed by atoms with E-state index in [4.69, 9.17) is 5.11 Å². The summed E-state index contributed by atoms with van der Waals surface area (Å²) in [5.74, 6) is -1.79. The Balaban J connectivity index is 2.29. The number of anilines is 1. The number of aryl methyl sites for hydroxylation is 1. The van der Waals surface area contributed by atoms with Crippen molar-refractivity contribution in [3.63, 3.8) is 0 Å². The van der Waals surface area contributed by atoms with Gasteiger partial charge in [-0.25, -0.2) is 9.59 Å². The number of benzene rings is 1. The van der Waals surface area contributed by atoms with Crippen LogP contribution in [0.1, 0.15) is 26.3 Å². The van der Waals surface area contributed by atoms with Crippen LogP contribution in [0.4, 0.5) is 5.69 Å². The number of H-pyrrole nitrogens is 2. The number of nitrogens with one attached hydrogen (secondary N) is 3. The molecular weight excluding hydrogens is 278 g/mol. The number of hydrogen-bond acceptors (Lipinski definition) is 4. The Hall–Kier alpha value is -3.16. The van der Waals surface area contributed by atoms with Gasteiger partial charge in [0.15, 0.2) is 0 Å². The molecule has 0 aliphatic heterocycles. The lowest BCUT2D eigenvalue weighted by molar-refractivity contribution is 0.0696. The number of carbonyl (C=O) groups is 2. The van der Waals surface area contributed by atoms with E-state index in [9.17, 15) is 19.2 Å². The number of aromatic amines is 2. The molecule has 0 aliphatic rings. The van der Waals surface area contributed by atoms with Gasteiger partial charge in [0, 0.05) is 11.9 Å². The van der Waals surface area contributed by atoms with Crippen molar-refractivity contribution >= 4 is 17.6 Å². The Morgan fingerprint density at radius 3 is 2.52 bits per heavy atom. The summed E-state index contributed by atoms with van der Waals surface area (Å²) in [6, 6.07) is 4.16. The Labute approximate surface area is 117 Å². The van der Waals surface area contributed by atoms with E-state index in [-0.39, 0.29) is 11.1 Å². The summed E-state index contributed by atoms with van der Waals surface area (Å²) < 4.78 is 0. The second kappa shape index (κ2) is 5.45. The van der Waals surface area contributed by atoms with E-state index in [1.807, 2.05) is 4.98 Å². The molecule has 0 unspecified atom stereocenters. The normalized spacial score (nSPS) is 10.1. The lowest BCUT2D eigenvalue weighted by Crippen LogP contribution is -2.29. The summed E-state index contributed by atoms with van der Waals surface area (Å²) in [6.07, 6.45) is 1.01. The molecule has 4 N–H and O–H groups in total. The molecule has 108 valence electrons. The number of carboxylic acids is 1. The molecule has 8 nitrogen and oxygen atoms in total. The summed E-state index contributed by atoms with van der Waals surface area (Å²) in [7, 11) is 0. The summed E-state index contributed by atoms with van der Waals surface area (Å²) in [5.41, 5.74) is -0.780. The van der Waals surface area contributed by atoms with E-state index in [1.165, 1.54) is 18.2 Å². The minimum Gasteiger partial charge on any atom is -0.478 e. The largest absolute Gasteiger partial charge is 0.478 e. The van der Waals surface area contributed by atoms with Gasteiger partial charge in [0.1, 0.15) is 5.56 Å². The summed E-state index contributed by atoms with van der Waals surface area (Å²) in [5, 5.41) is 11.3. The zero-order chi connectivity index (χ0) is 15.6. The Morgan fingerprint density at radius 1 is 1.24 bits per heavy atom. The van der Waals surface area contributed by atoms with Gasteiger partial charge in [-0.3, -0.25) is 14.6 Å². The van der Waals surface area contributed by atoms with E-state index >= 15 is 0 Å². The highest BCUT2D eigenvalue weighted by Gasteiger charge is 2.13. The zero-order valence-corrected chi connectivity index (χ0v) is 10.9. The molecule has 2 rings (SSSR count). The van der Waals surface area contributed by atoms with Gasteiger partial charge in [0.05, 0.1) is 5.56 Å². The minimum atomic E-state index is -1.08. The first-order valence-electron chi connectivity index (χ1n) is 5.86. The highest BCUT2D eigenvalue weighted by atomic mass is 16.4. The van der Waals surface area contributed by atoms with Crippen LogP contribution in [0, 0.1) is 6.92 Å². The molecule has 0 fully saturated rings. The van der Waals surface area contributed by atoms with Crippen molar-refractivity contribution in [3.05, 3.63) is 61.9 Å². The summed E-state index contributed by atoms with van der Waals surface area (Å²) in [4.78, 5) is 49.3. The molecule has 0 spiro atoms. The van der Waals surface area contributed by atoms with Gasteiger partial charge in [0.25, 0.3) is 11.5 Å². The molecule has 1 heterocycles. The molecule has 1 amide bonds. The average molecular weight is 289 g/mol. The number of rotatable bonds is 3. The van der Waals surface area contributed by atoms with E-state index in [0.29, 0.717) is 11.3 Å². The molecule has 1 aromatic heterocycles. The number of amides is 1. The van der Waals surface area contributed by atoms with Crippen LogP contribution in [0.15, 0.2) is 34.0 Å². The van der Waals surface area contributed by atoms with Crippen LogP contribution >= 0.6 is 0 Å². The Kier molecular flexibility index (Phi) is 3.70. The molecule has 0 aliphatic carbocycles. The van der Waals surface area contributed by atoms with E-state index in [1.54, 1.807) is 6.92 Å². The van der Waals surface area contributed by atoms with Crippen LogP contribution in [0.25, 0.3) is 0 Å². The first-order chi connectivity index (χ1) is 9.88. The molecule has 0 atom stereocenters. The third kappa shape index (κ3) is 3.06. The maximum absolute atomic E-state index is 11.9. The molecule has 21 heavy (non-hydrogen) atoms. The molecule has 8 heteroatoms. The number of carbonyl (C=O) groups excluding carboxylic acids is 1. The van der Waals surface area contributed by atoms with Gasteiger partial charge in [-0.05, 0) is 30.7 Å². The van der Waals surface area contributed by atoms with Gasteiger partial charge in [-0.2, -0.15) is 0 Å². The monoisotopic (exact) mass is 289 g/mol. The molecular formula is C13H11N3O5. The van der Waals surface area contributed by atoms with Crippen LogP contribution in [0.5, 0.6) is 0 Å². The lowest BCUT2D eigenvalue weighted by Gasteiger charge is -2.08. The fraction of sp³-hybridized carbons (Fsp3) is 0.0769. The van der Waals surface area contributed by atoms with Crippen molar-refractivity contribution in [3.8, 4) is 0 Å². The maximum atomic E-state index is 11.9. The number of hydrogen-bond donors (Lipinski definition) is 4. The van der Waals surface area contributed by atoms with Gasteiger partial charge in [-0.15, -0.1) is 0 Å². The van der Waals surface area contributed by atoms with Crippen molar-refractivity contribution < 1.29 is 14.7 Å². The third-order valence-corrected chi connectivity index (χ3v) is 2.79. The first kappa shape index (κ1) is 14.3. The average Bonchev–Trinajstić information content (AvgIpc) is 2.40. The molecule has 1 aromatic carbocycles. The predicted molar refractivity (Wildman–Crippen MR) is 73.8 cm³/mol. The van der Waals surface area contributed by atoms with Crippen LogP contribution in [-0.2, 0) is 0 Å². The molecule has 0 saturated carbocycles. The van der Waals surface area contributed by atoms with Crippen molar-refractivity contribution in [2.75, 3.05) is 5.32 Å². The lowest BCUT2D eigenvalue weighted by atomic mass is 10.1. The van der Waals surface area contributed by atoms with Crippen molar-refractivity contribution in [2.24, 2.45) is 0 Å². The van der Waals surface area contributed by atoms with E-state index in [0.717, 1.165) is 6.20 Å². The van der Waals surface area contributed by atoms with Crippen LogP contribution in [0.3, 0.4) is 0 Å². The fourth-order valence-corrected chi connectivity index (χ4v) is 1.71. The third-order valence-electron chi connectivity index (χ3n) is 2.79. The molecule has 0 radical (unpaired) electrons. The molecule has 0 bridgehead atoms. The molecule has 2 aromatic rings. The predicted octanol–water partition coefficient (Wildman–Crippen LogP) is 0.322. The number of carboxylic acid groups (broad SMARTS) is 1.